The molecule has 1 aliphatic carbocycles. The summed E-state index contributed by atoms with van der Waals surface area (Å²) in [7, 11) is 0. The number of hydrogen-bond acceptors (Lipinski definition) is 5. The van der Waals surface area contributed by atoms with Crippen LogP contribution in [0.4, 0.5) is 5.82 Å². The zero-order valence-electron chi connectivity index (χ0n) is 11.9. The molecule has 0 aromatic carbocycles. The van der Waals surface area contributed by atoms with Gasteiger partial charge >= 0.3 is 0 Å². The van der Waals surface area contributed by atoms with Gasteiger partial charge in [0.15, 0.2) is 0 Å². The molecule has 20 heavy (non-hydrogen) atoms. The van der Waals surface area contributed by atoms with Gasteiger partial charge in [0.25, 0.3) is 0 Å². The third-order valence-electron chi connectivity index (χ3n) is 4.74. The maximum absolute atomic E-state index is 9.01. The van der Waals surface area contributed by atoms with Gasteiger partial charge < -0.3 is 15.7 Å². The van der Waals surface area contributed by atoms with Crippen molar-refractivity contribution in [1.29, 1.82) is 0 Å². The fourth-order valence-electron chi connectivity index (χ4n) is 3.29. The van der Waals surface area contributed by atoms with Gasteiger partial charge in [0.2, 0.25) is 0 Å². The molecule has 5 nitrogen and oxygen atoms in total. The van der Waals surface area contributed by atoms with Crippen LogP contribution in [0.1, 0.15) is 43.7 Å². The standard InChI is InChI=1S/C15H24N4O/c16-13-7-12(8-13)14-9-15(18-10-17-14)19-4-1-11(2-5-19)3-6-20/h9-13,20H,1-8,16H2. The molecule has 0 bridgehead atoms. The summed E-state index contributed by atoms with van der Waals surface area (Å²) in [6, 6.07) is 2.50. The Labute approximate surface area is 120 Å². The molecule has 0 atom stereocenters. The van der Waals surface area contributed by atoms with E-state index >= 15 is 0 Å². The van der Waals surface area contributed by atoms with E-state index in [1.165, 1.54) is 0 Å². The van der Waals surface area contributed by atoms with Gasteiger partial charge in [-0.2, -0.15) is 0 Å². The van der Waals surface area contributed by atoms with E-state index in [9.17, 15) is 0 Å². The van der Waals surface area contributed by atoms with Gasteiger partial charge in [0.1, 0.15) is 12.1 Å². The number of rotatable bonds is 4. The Morgan fingerprint density at radius 3 is 2.65 bits per heavy atom. The van der Waals surface area contributed by atoms with Crippen molar-refractivity contribution in [2.24, 2.45) is 11.7 Å². The van der Waals surface area contributed by atoms with Gasteiger partial charge in [-0.15, -0.1) is 0 Å². The van der Waals surface area contributed by atoms with E-state index in [0.717, 1.165) is 56.7 Å². The Hall–Kier alpha value is -1.20. The van der Waals surface area contributed by atoms with E-state index in [0.29, 0.717) is 24.5 Å². The van der Waals surface area contributed by atoms with Crippen molar-refractivity contribution in [3.63, 3.8) is 0 Å². The summed E-state index contributed by atoms with van der Waals surface area (Å²) in [5, 5.41) is 9.01. The van der Waals surface area contributed by atoms with Gasteiger partial charge in [-0.05, 0) is 38.0 Å². The zero-order chi connectivity index (χ0) is 13.9. The van der Waals surface area contributed by atoms with Crippen LogP contribution in [0.5, 0.6) is 0 Å². The SMILES string of the molecule is NC1CC(c2cc(N3CCC(CCO)CC3)ncn2)C1. The lowest BCUT2D eigenvalue weighted by Gasteiger charge is -2.34. The number of piperidine rings is 1. The van der Waals surface area contributed by atoms with Gasteiger partial charge in [0, 0.05) is 43.4 Å². The number of aliphatic hydroxyl groups excluding tert-OH is 1. The van der Waals surface area contributed by atoms with Crippen LogP contribution in [0.15, 0.2) is 12.4 Å². The number of aromatic nitrogens is 2. The van der Waals surface area contributed by atoms with E-state index in [4.69, 9.17) is 10.8 Å². The summed E-state index contributed by atoms with van der Waals surface area (Å²) in [5.41, 5.74) is 7.00. The minimum Gasteiger partial charge on any atom is -0.396 e. The Bertz CT molecular complexity index is 439. The number of hydrogen-bond donors (Lipinski definition) is 2. The van der Waals surface area contributed by atoms with Crippen molar-refractivity contribution in [3.05, 3.63) is 18.1 Å². The lowest BCUT2D eigenvalue weighted by Crippen LogP contribution is -2.36. The summed E-state index contributed by atoms with van der Waals surface area (Å²) in [5.74, 6) is 2.25. The van der Waals surface area contributed by atoms with E-state index in [1.807, 2.05) is 0 Å². The maximum atomic E-state index is 9.01. The molecular formula is C15H24N4O. The van der Waals surface area contributed by atoms with Crippen LogP contribution in [-0.4, -0.2) is 40.8 Å². The smallest absolute Gasteiger partial charge is 0.132 e. The van der Waals surface area contributed by atoms with Crippen molar-refractivity contribution < 1.29 is 5.11 Å². The van der Waals surface area contributed by atoms with E-state index < -0.39 is 0 Å². The first-order chi connectivity index (χ1) is 9.76. The largest absolute Gasteiger partial charge is 0.396 e. The molecule has 1 saturated carbocycles. The molecular weight excluding hydrogens is 252 g/mol. The quantitative estimate of drug-likeness (QED) is 0.866. The molecule has 110 valence electrons. The molecule has 5 heteroatoms. The molecule has 1 aliphatic heterocycles. The van der Waals surface area contributed by atoms with Crippen molar-refractivity contribution in [2.75, 3.05) is 24.6 Å². The second kappa shape index (κ2) is 6.06. The number of nitrogens with zero attached hydrogens (tertiary/aromatic N) is 3. The van der Waals surface area contributed by atoms with Crippen LogP contribution in [0, 0.1) is 5.92 Å². The molecule has 2 heterocycles. The van der Waals surface area contributed by atoms with E-state index in [-0.39, 0.29) is 0 Å². The molecule has 1 aromatic heterocycles. The Morgan fingerprint density at radius 2 is 2.00 bits per heavy atom. The van der Waals surface area contributed by atoms with Crippen molar-refractivity contribution in [1.82, 2.24) is 9.97 Å². The van der Waals surface area contributed by atoms with Crippen LogP contribution in [-0.2, 0) is 0 Å². The highest BCUT2D eigenvalue weighted by atomic mass is 16.3. The van der Waals surface area contributed by atoms with Gasteiger partial charge in [0.05, 0.1) is 0 Å². The molecule has 3 N–H and O–H groups in total. The highest BCUT2D eigenvalue weighted by Gasteiger charge is 2.29. The molecule has 0 radical (unpaired) electrons. The minimum atomic E-state index is 0.310. The third-order valence-corrected chi connectivity index (χ3v) is 4.74. The van der Waals surface area contributed by atoms with Crippen molar-refractivity contribution in [2.45, 2.75) is 44.1 Å². The highest BCUT2D eigenvalue weighted by molar-refractivity contribution is 5.40. The fraction of sp³-hybridized carbons (Fsp3) is 0.733. The van der Waals surface area contributed by atoms with Crippen molar-refractivity contribution >= 4 is 5.82 Å². The summed E-state index contributed by atoms with van der Waals surface area (Å²) in [4.78, 5) is 11.2. The minimum absolute atomic E-state index is 0.310. The first-order valence-corrected chi connectivity index (χ1v) is 7.69. The maximum Gasteiger partial charge on any atom is 0.132 e. The van der Waals surface area contributed by atoms with E-state index in [2.05, 4.69) is 20.9 Å². The normalized spacial score (nSPS) is 27.4. The molecule has 0 spiro atoms. The average Bonchev–Trinajstić information content (AvgIpc) is 2.45. The van der Waals surface area contributed by atoms with E-state index in [1.54, 1.807) is 6.33 Å². The number of anilines is 1. The Kier molecular flexibility index (Phi) is 4.17. The molecule has 0 amide bonds. The molecule has 2 aliphatic rings. The summed E-state index contributed by atoms with van der Waals surface area (Å²) >= 11 is 0. The zero-order valence-corrected chi connectivity index (χ0v) is 11.9. The van der Waals surface area contributed by atoms with Crippen LogP contribution >= 0.6 is 0 Å². The lowest BCUT2D eigenvalue weighted by molar-refractivity contribution is 0.240. The molecule has 0 unspecified atom stereocenters. The second-order valence-electron chi connectivity index (χ2n) is 6.17. The average molecular weight is 276 g/mol. The van der Waals surface area contributed by atoms with Crippen LogP contribution < -0.4 is 10.6 Å². The van der Waals surface area contributed by atoms with Crippen molar-refractivity contribution in [3.8, 4) is 0 Å². The van der Waals surface area contributed by atoms with Gasteiger partial charge in [-0.25, -0.2) is 9.97 Å². The monoisotopic (exact) mass is 276 g/mol. The molecule has 1 saturated heterocycles. The predicted molar refractivity (Wildman–Crippen MR) is 78.6 cm³/mol. The van der Waals surface area contributed by atoms with Gasteiger partial charge in [-0.1, -0.05) is 0 Å². The topological polar surface area (TPSA) is 75.3 Å². The Morgan fingerprint density at radius 1 is 1.25 bits per heavy atom. The number of nitrogens with two attached hydrogens (primary N) is 1. The predicted octanol–water partition coefficient (Wildman–Crippen LogP) is 1.28. The summed E-state index contributed by atoms with van der Waals surface area (Å²) in [6.07, 6.45) is 7.02. The number of aliphatic hydroxyl groups is 1. The lowest BCUT2D eigenvalue weighted by atomic mass is 9.78. The van der Waals surface area contributed by atoms with Crippen LogP contribution in [0.25, 0.3) is 0 Å². The van der Waals surface area contributed by atoms with Gasteiger partial charge in [-0.3, -0.25) is 0 Å². The highest BCUT2D eigenvalue weighted by Crippen LogP contribution is 2.35. The first kappa shape index (κ1) is 13.8. The van der Waals surface area contributed by atoms with Crippen LogP contribution in [0.3, 0.4) is 0 Å². The summed E-state index contributed by atoms with van der Waals surface area (Å²) in [6.45, 7) is 2.38. The molecule has 3 rings (SSSR count). The fourth-order valence-corrected chi connectivity index (χ4v) is 3.29. The molecule has 1 aromatic rings. The van der Waals surface area contributed by atoms with Crippen LogP contribution in [0.2, 0.25) is 0 Å². The third kappa shape index (κ3) is 2.94. The first-order valence-electron chi connectivity index (χ1n) is 7.69. The molecule has 2 fully saturated rings. The second-order valence-corrected chi connectivity index (χ2v) is 6.17. The Balaban J connectivity index is 1.61. The summed E-state index contributed by atoms with van der Waals surface area (Å²) < 4.78 is 0.